The van der Waals surface area contributed by atoms with Crippen LogP contribution in [0, 0.1) is 0 Å². The second-order valence-corrected chi connectivity index (χ2v) is 8.15. The second kappa shape index (κ2) is 6.75. The van der Waals surface area contributed by atoms with E-state index >= 15 is 0 Å². The largest absolute Gasteiger partial charge is 0.444 e. The summed E-state index contributed by atoms with van der Waals surface area (Å²) < 4.78 is 5.57. The first-order valence-electron chi connectivity index (χ1n) is 9.10. The Morgan fingerprint density at radius 1 is 1.46 bits per heavy atom. The summed E-state index contributed by atoms with van der Waals surface area (Å²) in [6, 6.07) is 0.926. The van der Waals surface area contributed by atoms with E-state index in [9.17, 15) is 4.79 Å². The SMILES string of the molecule is C[C@H](N[C@H]1CCc2[nH]ncc2C1)[C@H]1CCCN1C(=O)OC(C)(C)C. The highest BCUT2D eigenvalue weighted by atomic mass is 16.6. The third-order valence-electron chi connectivity index (χ3n) is 5.02. The fourth-order valence-corrected chi connectivity index (χ4v) is 3.90. The first kappa shape index (κ1) is 17.3. The van der Waals surface area contributed by atoms with Crippen LogP contribution in [-0.4, -0.2) is 51.5 Å². The molecule has 1 saturated heterocycles. The normalized spacial score (nSPS) is 25.4. The zero-order valence-corrected chi connectivity index (χ0v) is 15.3. The van der Waals surface area contributed by atoms with Gasteiger partial charge < -0.3 is 15.0 Å². The lowest BCUT2D eigenvalue weighted by Gasteiger charge is -2.34. The molecule has 6 nitrogen and oxygen atoms in total. The number of fused-ring (bicyclic) bond motifs is 1. The highest BCUT2D eigenvalue weighted by molar-refractivity contribution is 5.69. The predicted octanol–water partition coefficient (Wildman–Crippen LogP) is 2.64. The van der Waals surface area contributed by atoms with Crippen molar-refractivity contribution >= 4 is 6.09 Å². The minimum atomic E-state index is -0.443. The van der Waals surface area contributed by atoms with Gasteiger partial charge in [-0.15, -0.1) is 0 Å². The standard InChI is InChI=1S/C18H30N4O2/c1-12(20-14-7-8-15-13(10-14)11-19-21-15)16-6-5-9-22(16)17(23)24-18(2,3)4/h11-12,14,16,20H,5-10H2,1-4H3,(H,19,21)/t12-,14-,16+/m0/s1. The van der Waals surface area contributed by atoms with Gasteiger partial charge in [-0.3, -0.25) is 5.10 Å². The minimum Gasteiger partial charge on any atom is -0.444 e. The Hall–Kier alpha value is -1.56. The molecule has 0 unspecified atom stereocenters. The van der Waals surface area contributed by atoms with Gasteiger partial charge in [0.2, 0.25) is 0 Å². The number of carbonyl (C=O) groups is 1. The van der Waals surface area contributed by atoms with Crippen LogP contribution >= 0.6 is 0 Å². The van der Waals surface area contributed by atoms with Crippen molar-refractivity contribution in [3.05, 3.63) is 17.5 Å². The number of aromatic amines is 1. The zero-order chi connectivity index (χ0) is 17.3. The molecule has 0 spiro atoms. The number of H-pyrrole nitrogens is 1. The number of nitrogens with zero attached hydrogens (tertiary/aromatic N) is 2. The van der Waals surface area contributed by atoms with E-state index in [2.05, 4.69) is 22.4 Å². The molecular formula is C18H30N4O2. The monoisotopic (exact) mass is 334 g/mol. The Labute approximate surface area is 144 Å². The summed E-state index contributed by atoms with van der Waals surface area (Å²) in [5.74, 6) is 0. The van der Waals surface area contributed by atoms with Gasteiger partial charge in [0.25, 0.3) is 0 Å². The maximum atomic E-state index is 12.5. The lowest BCUT2D eigenvalue weighted by molar-refractivity contribution is 0.0196. The van der Waals surface area contributed by atoms with Crippen LogP contribution in [0.4, 0.5) is 4.79 Å². The first-order chi connectivity index (χ1) is 11.3. The summed E-state index contributed by atoms with van der Waals surface area (Å²) in [7, 11) is 0. The molecular weight excluding hydrogens is 304 g/mol. The summed E-state index contributed by atoms with van der Waals surface area (Å²) >= 11 is 0. The number of aromatic nitrogens is 2. The van der Waals surface area contributed by atoms with Gasteiger partial charge in [-0.1, -0.05) is 0 Å². The number of aryl methyl sites for hydroxylation is 1. The zero-order valence-electron chi connectivity index (χ0n) is 15.3. The van der Waals surface area contributed by atoms with Gasteiger partial charge >= 0.3 is 6.09 Å². The molecule has 0 radical (unpaired) electrons. The molecule has 3 atom stereocenters. The quantitative estimate of drug-likeness (QED) is 0.891. The van der Waals surface area contributed by atoms with Crippen molar-refractivity contribution in [2.24, 2.45) is 0 Å². The van der Waals surface area contributed by atoms with Crippen LogP contribution in [-0.2, 0) is 17.6 Å². The number of amides is 1. The number of likely N-dealkylation sites (tertiary alicyclic amines) is 1. The summed E-state index contributed by atoms with van der Waals surface area (Å²) in [6.45, 7) is 8.74. The minimum absolute atomic E-state index is 0.181. The van der Waals surface area contributed by atoms with E-state index in [0.717, 1.165) is 38.6 Å². The molecule has 24 heavy (non-hydrogen) atoms. The molecule has 1 aliphatic heterocycles. The third kappa shape index (κ3) is 3.91. The molecule has 1 amide bonds. The maximum Gasteiger partial charge on any atom is 0.410 e. The highest BCUT2D eigenvalue weighted by Gasteiger charge is 2.36. The Balaban J connectivity index is 1.58. The topological polar surface area (TPSA) is 70.2 Å². The Morgan fingerprint density at radius 3 is 3.00 bits per heavy atom. The number of nitrogens with one attached hydrogen (secondary N) is 2. The molecule has 0 saturated carbocycles. The maximum absolute atomic E-state index is 12.5. The van der Waals surface area contributed by atoms with Gasteiger partial charge in [0.05, 0.1) is 12.2 Å². The van der Waals surface area contributed by atoms with Gasteiger partial charge in [0.1, 0.15) is 5.60 Å². The van der Waals surface area contributed by atoms with Gasteiger partial charge in [0.15, 0.2) is 0 Å². The van der Waals surface area contributed by atoms with Crippen LogP contribution in [0.5, 0.6) is 0 Å². The van der Waals surface area contributed by atoms with E-state index in [0.29, 0.717) is 6.04 Å². The lowest BCUT2D eigenvalue weighted by Crippen LogP contribution is -2.52. The smallest absolute Gasteiger partial charge is 0.410 e. The van der Waals surface area contributed by atoms with Gasteiger partial charge in [-0.2, -0.15) is 5.10 Å². The number of hydrogen-bond donors (Lipinski definition) is 2. The summed E-state index contributed by atoms with van der Waals surface area (Å²) in [4.78, 5) is 14.4. The number of ether oxygens (including phenoxy) is 1. The van der Waals surface area contributed by atoms with Crippen molar-refractivity contribution < 1.29 is 9.53 Å². The van der Waals surface area contributed by atoms with Crippen LogP contribution in [0.2, 0.25) is 0 Å². The second-order valence-electron chi connectivity index (χ2n) is 8.15. The molecule has 3 rings (SSSR count). The van der Waals surface area contributed by atoms with Crippen LogP contribution in [0.1, 0.15) is 58.2 Å². The van der Waals surface area contributed by atoms with Crippen LogP contribution < -0.4 is 5.32 Å². The average Bonchev–Trinajstić information content (AvgIpc) is 3.14. The Kier molecular flexibility index (Phi) is 4.85. The average molecular weight is 334 g/mol. The van der Waals surface area contributed by atoms with Crippen LogP contribution in [0.15, 0.2) is 6.20 Å². The van der Waals surface area contributed by atoms with Crippen molar-refractivity contribution in [3.8, 4) is 0 Å². The van der Waals surface area contributed by atoms with E-state index in [1.807, 2.05) is 31.9 Å². The van der Waals surface area contributed by atoms with Crippen molar-refractivity contribution in [3.63, 3.8) is 0 Å². The molecule has 2 N–H and O–H groups in total. The number of carbonyl (C=O) groups excluding carboxylic acids is 1. The van der Waals surface area contributed by atoms with E-state index < -0.39 is 5.60 Å². The van der Waals surface area contributed by atoms with Crippen LogP contribution in [0.25, 0.3) is 0 Å². The molecule has 0 aromatic carbocycles. The summed E-state index contributed by atoms with van der Waals surface area (Å²) in [5.41, 5.74) is 2.15. The molecule has 1 aromatic heterocycles. The van der Waals surface area contributed by atoms with Crippen LogP contribution in [0.3, 0.4) is 0 Å². The van der Waals surface area contributed by atoms with E-state index in [-0.39, 0.29) is 18.2 Å². The molecule has 2 aliphatic rings. The molecule has 0 bridgehead atoms. The van der Waals surface area contributed by atoms with Gasteiger partial charge in [-0.05, 0) is 65.4 Å². The predicted molar refractivity (Wildman–Crippen MR) is 93.0 cm³/mol. The molecule has 1 aromatic rings. The molecule has 1 fully saturated rings. The molecule has 134 valence electrons. The lowest BCUT2D eigenvalue weighted by atomic mass is 9.92. The van der Waals surface area contributed by atoms with Crippen molar-refractivity contribution in [2.45, 2.75) is 83.5 Å². The summed E-state index contributed by atoms with van der Waals surface area (Å²) in [5, 5.41) is 11.0. The number of hydrogen-bond acceptors (Lipinski definition) is 4. The fourth-order valence-electron chi connectivity index (χ4n) is 3.90. The third-order valence-corrected chi connectivity index (χ3v) is 5.02. The molecule has 6 heteroatoms. The fraction of sp³-hybridized carbons (Fsp3) is 0.778. The Morgan fingerprint density at radius 2 is 2.25 bits per heavy atom. The van der Waals surface area contributed by atoms with Crippen molar-refractivity contribution in [1.82, 2.24) is 20.4 Å². The van der Waals surface area contributed by atoms with Gasteiger partial charge in [-0.25, -0.2) is 4.79 Å². The first-order valence-corrected chi connectivity index (χ1v) is 9.10. The van der Waals surface area contributed by atoms with Gasteiger partial charge in [0, 0.05) is 24.3 Å². The molecule has 2 heterocycles. The van der Waals surface area contributed by atoms with Crippen molar-refractivity contribution in [2.75, 3.05) is 6.54 Å². The van der Waals surface area contributed by atoms with E-state index in [1.54, 1.807) is 0 Å². The highest BCUT2D eigenvalue weighted by Crippen LogP contribution is 2.25. The molecule has 1 aliphatic carbocycles. The number of rotatable bonds is 3. The van der Waals surface area contributed by atoms with Crippen molar-refractivity contribution in [1.29, 1.82) is 0 Å². The van der Waals surface area contributed by atoms with E-state index in [1.165, 1.54) is 11.3 Å². The summed E-state index contributed by atoms with van der Waals surface area (Å²) in [6.07, 6.45) is 7.01. The Bertz CT molecular complexity index is 578. The van der Waals surface area contributed by atoms with E-state index in [4.69, 9.17) is 4.74 Å².